The Hall–Kier alpha value is -3.94. The van der Waals surface area contributed by atoms with Gasteiger partial charge < -0.3 is 4.42 Å². The lowest BCUT2D eigenvalue weighted by atomic mass is 9.97. The minimum absolute atomic E-state index is 0.0266. The lowest BCUT2D eigenvalue weighted by molar-refractivity contribution is -0.137. The van der Waals surface area contributed by atoms with Crippen LogP contribution in [0.25, 0.3) is 11.0 Å². The number of halogens is 4. The highest BCUT2D eigenvalue weighted by atomic mass is 19.4. The Morgan fingerprint density at radius 1 is 0.939 bits per heavy atom. The second-order valence-corrected chi connectivity index (χ2v) is 7.82. The van der Waals surface area contributed by atoms with Crippen molar-refractivity contribution in [3.63, 3.8) is 0 Å². The van der Waals surface area contributed by atoms with Crippen LogP contribution in [-0.2, 0) is 6.18 Å². The van der Waals surface area contributed by atoms with E-state index in [1.54, 1.807) is 25.1 Å². The number of fused-ring (bicyclic) bond motifs is 2. The van der Waals surface area contributed by atoms with E-state index in [1.165, 1.54) is 24.3 Å². The van der Waals surface area contributed by atoms with Crippen LogP contribution in [0, 0.1) is 12.7 Å². The number of nitrogens with zero attached hydrogens (tertiary/aromatic N) is 1. The van der Waals surface area contributed by atoms with Crippen molar-refractivity contribution in [2.24, 2.45) is 0 Å². The summed E-state index contributed by atoms with van der Waals surface area (Å²) in [5, 5.41) is 0.203. The fourth-order valence-electron chi connectivity index (χ4n) is 4.18. The van der Waals surface area contributed by atoms with Gasteiger partial charge in [0.15, 0.2) is 5.43 Å². The van der Waals surface area contributed by atoms with Crippen molar-refractivity contribution in [2.45, 2.75) is 19.1 Å². The number of amides is 1. The highest BCUT2D eigenvalue weighted by Crippen LogP contribution is 2.43. The third-order valence-corrected chi connectivity index (χ3v) is 5.68. The molecule has 0 fully saturated rings. The Morgan fingerprint density at radius 2 is 1.70 bits per heavy atom. The molecule has 0 saturated carbocycles. The van der Waals surface area contributed by atoms with Gasteiger partial charge in [-0.25, -0.2) is 4.39 Å². The first-order chi connectivity index (χ1) is 15.7. The zero-order valence-corrected chi connectivity index (χ0v) is 17.1. The van der Waals surface area contributed by atoms with Gasteiger partial charge >= 0.3 is 6.18 Å². The van der Waals surface area contributed by atoms with E-state index in [-0.39, 0.29) is 33.5 Å². The van der Waals surface area contributed by atoms with Gasteiger partial charge in [-0.1, -0.05) is 35.9 Å². The molecule has 1 aliphatic heterocycles. The molecule has 33 heavy (non-hydrogen) atoms. The first-order valence-corrected chi connectivity index (χ1v) is 9.99. The monoisotopic (exact) mass is 453 g/mol. The zero-order chi connectivity index (χ0) is 23.5. The molecule has 0 spiro atoms. The summed E-state index contributed by atoms with van der Waals surface area (Å²) >= 11 is 0. The normalized spacial score (nSPS) is 15.8. The van der Waals surface area contributed by atoms with E-state index in [2.05, 4.69) is 0 Å². The molecule has 2 heterocycles. The van der Waals surface area contributed by atoms with Crippen LogP contribution in [0.5, 0.6) is 0 Å². The molecule has 166 valence electrons. The molecular weight excluding hydrogens is 438 g/mol. The molecule has 0 aliphatic carbocycles. The van der Waals surface area contributed by atoms with Gasteiger partial charge in [0.25, 0.3) is 5.91 Å². The number of carbonyl (C=O) groups excluding carboxylic acids is 1. The molecule has 4 aromatic rings. The van der Waals surface area contributed by atoms with E-state index in [9.17, 15) is 27.2 Å². The number of alkyl halides is 3. The summed E-state index contributed by atoms with van der Waals surface area (Å²) < 4.78 is 60.7. The number of benzene rings is 3. The SMILES string of the molecule is Cc1ccc2oc3c(c(=O)c2c1)C(c1ccccc1F)N(c1cccc(C(F)(F)F)c1)C3=O. The van der Waals surface area contributed by atoms with E-state index in [4.69, 9.17) is 4.42 Å². The molecule has 1 unspecified atom stereocenters. The number of hydrogen-bond donors (Lipinski definition) is 0. The summed E-state index contributed by atoms with van der Waals surface area (Å²) in [5.41, 5.74) is -0.842. The van der Waals surface area contributed by atoms with Crippen molar-refractivity contribution in [3.8, 4) is 0 Å². The van der Waals surface area contributed by atoms with Gasteiger partial charge in [0.1, 0.15) is 11.4 Å². The van der Waals surface area contributed by atoms with Crippen molar-refractivity contribution < 1.29 is 26.8 Å². The Labute approximate surface area is 184 Å². The minimum Gasteiger partial charge on any atom is -0.450 e. The molecule has 1 amide bonds. The van der Waals surface area contributed by atoms with Gasteiger partial charge in [-0.05, 0) is 43.3 Å². The number of aryl methyl sites for hydroxylation is 1. The molecule has 1 aliphatic rings. The quantitative estimate of drug-likeness (QED) is 0.350. The highest BCUT2D eigenvalue weighted by Gasteiger charge is 2.45. The second-order valence-electron chi connectivity index (χ2n) is 7.82. The average Bonchev–Trinajstić information content (AvgIpc) is 3.06. The van der Waals surface area contributed by atoms with Crippen LogP contribution in [0.4, 0.5) is 23.2 Å². The molecule has 0 bridgehead atoms. The van der Waals surface area contributed by atoms with E-state index < -0.39 is 34.9 Å². The maximum Gasteiger partial charge on any atom is 0.416 e. The highest BCUT2D eigenvalue weighted by molar-refractivity contribution is 6.10. The zero-order valence-electron chi connectivity index (χ0n) is 17.1. The smallest absolute Gasteiger partial charge is 0.416 e. The van der Waals surface area contributed by atoms with Gasteiger partial charge in [-0.3, -0.25) is 14.5 Å². The standard InChI is InChI=1S/C25H15F4NO3/c1-13-9-10-19-17(11-13)22(31)20-21(16-7-2-3-8-18(16)26)30(24(32)23(20)33-19)15-6-4-5-14(12-15)25(27,28)29/h2-12,21H,1H3. The fraction of sp³-hybridized carbons (Fsp3) is 0.120. The second kappa shape index (κ2) is 7.30. The molecule has 0 N–H and O–H groups in total. The predicted octanol–water partition coefficient (Wildman–Crippen LogP) is 6.01. The van der Waals surface area contributed by atoms with Gasteiger partial charge in [0, 0.05) is 11.3 Å². The number of rotatable bonds is 2. The van der Waals surface area contributed by atoms with Crippen molar-refractivity contribution in [1.29, 1.82) is 0 Å². The summed E-state index contributed by atoms with van der Waals surface area (Å²) in [6, 6.07) is 13.2. The molecule has 1 aromatic heterocycles. The topological polar surface area (TPSA) is 50.5 Å². The van der Waals surface area contributed by atoms with Crippen molar-refractivity contribution >= 4 is 22.6 Å². The molecule has 4 nitrogen and oxygen atoms in total. The Morgan fingerprint density at radius 3 is 2.42 bits per heavy atom. The van der Waals surface area contributed by atoms with E-state index in [1.807, 2.05) is 0 Å². The summed E-state index contributed by atoms with van der Waals surface area (Å²) in [7, 11) is 0. The molecule has 5 rings (SSSR count). The maximum absolute atomic E-state index is 14.9. The fourth-order valence-corrected chi connectivity index (χ4v) is 4.18. The molecule has 1 atom stereocenters. The lowest BCUT2D eigenvalue weighted by Crippen LogP contribution is -2.30. The first-order valence-electron chi connectivity index (χ1n) is 9.99. The number of carbonyl (C=O) groups is 1. The average molecular weight is 453 g/mol. The van der Waals surface area contributed by atoms with Gasteiger partial charge in [0.2, 0.25) is 5.76 Å². The lowest BCUT2D eigenvalue weighted by Gasteiger charge is -2.26. The number of anilines is 1. The van der Waals surface area contributed by atoms with Gasteiger partial charge in [-0.15, -0.1) is 0 Å². The Bertz CT molecular complexity index is 1490. The van der Waals surface area contributed by atoms with Crippen LogP contribution < -0.4 is 10.3 Å². The minimum atomic E-state index is -4.65. The molecule has 3 aromatic carbocycles. The third kappa shape index (κ3) is 3.29. The summed E-state index contributed by atoms with van der Waals surface area (Å²) in [4.78, 5) is 27.9. The van der Waals surface area contributed by atoms with Crippen LogP contribution in [0.1, 0.15) is 38.9 Å². The van der Waals surface area contributed by atoms with E-state index in [0.717, 1.165) is 34.7 Å². The van der Waals surface area contributed by atoms with Crippen LogP contribution >= 0.6 is 0 Å². The van der Waals surface area contributed by atoms with E-state index in [0.29, 0.717) is 0 Å². The number of hydrogen-bond acceptors (Lipinski definition) is 3. The third-order valence-electron chi connectivity index (χ3n) is 5.68. The molecule has 8 heteroatoms. The molecular formula is C25H15F4NO3. The van der Waals surface area contributed by atoms with Crippen LogP contribution in [-0.4, -0.2) is 5.91 Å². The van der Waals surface area contributed by atoms with Gasteiger partial charge in [-0.2, -0.15) is 13.2 Å². The maximum atomic E-state index is 14.9. The van der Waals surface area contributed by atoms with Crippen LogP contribution in [0.2, 0.25) is 0 Å². The van der Waals surface area contributed by atoms with Crippen molar-refractivity contribution in [1.82, 2.24) is 0 Å². The van der Waals surface area contributed by atoms with Gasteiger partial charge in [0.05, 0.1) is 22.6 Å². The Kier molecular flexibility index (Phi) is 4.63. The van der Waals surface area contributed by atoms with Crippen molar-refractivity contribution in [2.75, 3.05) is 4.90 Å². The summed E-state index contributed by atoms with van der Waals surface area (Å²) in [6.45, 7) is 1.78. The van der Waals surface area contributed by atoms with Crippen molar-refractivity contribution in [3.05, 3.63) is 111 Å². The first kappa shape index (κ1) is 20.9. The molecule has 0 radical (unpaired) electrons. The molecule has 0 saturated heterocycles. The van der Waals surface area contributed by atoms with Crippen LogP contribution in [0.3, 0.4) is 0 Å². The van der Waals surface area contributed by atoms with Crippen LogP contribution in [0.15, 0.2) is 75.9 Å². The predicted molar refractivity (Wildman–Crippen MR) is 114 cm³/mol. The Balaban J connectivity index is 1.82. The van der Waals surface area contributed by atoms with E-state index >= 15 is 0 Å². The summed E-state index contributed by atoms with van der Waals surface area (Å²) in [6.07, 6.45) is -4.65. The summed E-state index contributed by atoms with van der Waals surface area (Å²) in [5.74, 6) is -1.84. The largest absolute Gasteiger partial charge is 0.450 e.